The van der Waals surface area contributed by atoms with Crippen molar-refractivity contribution in [1.82, 2.24) is 15.0 Å². The molecule has 2 aromatic carbocycles. The molecule has 0 radical (unpaired) electrons. The first-order chi connectivity index (χ1) is 23.0. The zero-order valence-electron chi connectivity index (χ0n) is 25.9. The van der Waals surface area contributed by atoms with Gasteiger partial charge in [0.05, 0.1) is 32.8 Å². The standard InChI is InChI=1S/C32H30F5N5O4S3/c1-48(43,44)19-10-8-18(9-11-19)39-30-38-13-12-24(40-30)27-26(41-29(47-27)31-14-17(15-31)16-31)20-4-2-7-23(25(20)34)42-49(45,46)28-21(32(35,36)37)5-3-6-22(28)33/h2-7,12-13,17-19,42H,8-11,14-16H2,1H3,(H,38,39,40). The highest BCUT2D eigenvalue weighted by Crippen LogP contribution is 2.66. The van der Waals surface area contributed by atoms with Gasteiger partial charge in [-0.05, 0) is 81.2 Å². The van der Waals surface area contributed by atoms with Gasteiger partial charge in [0.15, 0.2) is 5.82 Å². The quantitative estimate of drug-likeness (QED) is 0.173. The number of rotatable bonds is 9. The number of anilines is 2. The zero-order valence-corrected chi connectivity index (χ0v) is 28.3. The second-order valence-electron chi connectivity index (χ2n) is 13.1. The Kier molecular flexibility index (Phi) is 8.25. The number of benzene rings is 2. The van der Waals surface area contributed by atoms with Gasteiger partial charge in [0.1, 0.15) is 25.6 Å². The van der Waals surface area contributed by atoms with Crippen molar-refractivity contribution >= 4 is 42.8 Å². The number of hydrogen-bond acceptors (Lipinski definition) is 9. The van der Waals surface area contributed by atoms with Crippen LogP contribution in [0.2, 0.25) is 0 Å². The number of halogens is 5. The molecule has 17 heteroatoms. The summed E-state index contributed by atoms with van der Waals surface area (Å²) in [5.74, 6) is -1.85. The number of thiazole rings is 1. The van der Waals surface area contributed by atoms with Gasteiger partial charge >= 0.3 is 6.18 Å². The number of hydrogen-bond donors (Lipinski definition) is 2. The Hall–Kier alpha value is -3.70. The molecule has 4 saturated carbocycles. The SMILES string of the molecule is CS(=O)(=O)C1CCC(Nc2nccc(-c3sc(C45CC(C4)C5)nc3-c3cccc(NS(=O)(=O)c4c(F)cccc4C(F)(F)F)c3F)n2)CC1. The minimum Gasteiger partial charge on any atom is -0.351 e. The molecule has 2 N–H and O–H groups in total. The Balaban J connectivity index is 1.23. The summed E-state index contributed by atoms with van der Waals surface area (Å²) in [5.41, 5.74) is -2.08. The van der Waals surface area contributed by atoms with Crippen molar-refractivity contribution in [3.63, 3.8) is 0 Å². The largest absolute Gasteiger partial charge is 0.417 e. The third-order valence-electron chi connectivity index (χ3n) is 9.66. The van der Waals surface area contributed by atoms with Gasteiger partial charge < -0.3 is 5.32 Å². The maximum Gasteiger partial charge on any atom is 0.417 e. The summed E-state index contributed by atoms with van der Waals surface area (Å²) in [7, 11) is -8.38. The van der Waals surface area contributed by atoms with E-state index in [-0.39, 0.29) is 28.0 Å². The second kappa shape index (κ2) is 12.0. The van der Waals surface area contributed by atoms with Gasteiger partial charge in [0.25, 0.3) is 10.0 Å². The molecule has 2 bridgehead atoms. The smallest absolute Gasteiger partial charge is 0.351 e. The summed E-state index contributed by atoms with van der Waals surface area (Å²) < 4.78 is 124. The van der Waals surface area contributed by atoms with Crippen LogP contribution in [-0.2, 0) is 31.5 Å². The molecule has 260 valence electrons. The molecular formula is C32H30F5N5O4S3. The van der Waals surface area contributed by atoms with Gasteiger partial charge in [-0.25, -0.2) is 40.6 Å². The number of sulfone groups is 1. The van der Waals surface area contributed by atoms with Crippen molar-refractivity contribution in [2.24, 2.45) is 5.92 Å². The Morgan fingerprint density at radius 2 is 1.61 bits per heavy atom. The average Bonchev–Trinajstić information content (AvgIpc) is 3.40. The van der Waals surface area contributed by atoms with Crippen molar-refractivity contribution < 1.29 is 38.8 Å². The minimum absolute atomic E-state index is 0.0556. The van der Waals surface area contributed by atoms with E-state index in [0.717, 1.165) is 36.4 Å². The lowest BCUT2D eigenvalue weighted by molar-refractivity contribution is -0.140. The predicted octanol–water partition coefficient (Wildman–Crippen LogP) is 7.18. The fourth-order valence-corrected chi connectivity index (χ4v) is 10.8. The van der Waals surface area contributed by atoms with Gasteiger partial charge in [-0.3, -0.25) is 4.72 Å². The molecule has 0 unspecified atom stereocenters. The van der Waals surface area contributed by atoms with Gasteiger partial charge in [0, 0.05) is 29.5 Å². The van der Waals surface area contributed by atoms with Crippen LogP contribution in [0.25, 0.3) is 21.8 Å². The van der Waals surface area contributed by atoms with Crippen LogP contribution >= 0.6 is 11.3 Å². The molecule has 0 atom stereocenters. The highest BCUT2D eigenvalue weighted by molar-refractivity contribution is 7.92. The Bertz CT molecular complexity index is 2150. The molecule has 4 aromatic rings. The summed E-state index contributed by atoms with van der Waals surface area (Å²) >= 11 is 1.34. The summed E-state index contributed by atoms with van der Waals surface area (Å²) in [5, 5.41) is 3.67. The molecule has 9 nitrogen and oxygen atoms in total. The van der Waals surface area contributed by atoms with E-state index in [1.54, 1.807) is 6.07 Å². The first-order valence-electron chi connectivity index (χ1n) is 15.5. The summed E-state index contributed by atoms with van der Waals surface area (Å²) in [6.07, 6.45) is 2.64. The fraction of sp³-hybridized carbons (Fsp3) is 0.406. The predicted molar refractivity (Wildman–Crippen MR) is 174 cm³/mol. The topological polar surface area (TPSA) is 131 Å². The summed E-state index contributed by atoms with van der Waals surface area (Å²) in [4.78, 5) is 12.7. The highest BCUT2D eigenvalue weighted by Gasteiger charge is 2.59. The second-order valence-corrected chi connectivity index (χ2v) is 18.0. The fourth-order valence-electron chi connectivity index (χ4n) is 7.01. The van der Waals surface area contributed by atoms with Gasteiger partial charge in [-0.15, -0.1) is 11.3 Å². The van der Waals surface area contributed by atoms with Crippen LogP contribution in [0.3, 0.4) is 0 Å². The Morgan fingerprint density at radius 1 is 0.918 bits per heavy atom. The number of sulfonamides is 1. The number of nitrogens with zero attached hydrogens (tertiary/aromatic N) is 3. The summed E-state index contributed by atoms with van der Waals surface area (Å²) in [6, 6.07) is 7.07. The van der Waals surface area contributed by atoms with Crippen molar-refractivity contribution in [1.29, 1.82) is 0 Å². The summed E-state index contributed by atoms with van der Waals surface area (Å²) in [6.45, 7) is 0. The Morgan fingerprint density at radius 3 is 2.24 bits per heavy atom. The lowest BCUT2D eigenvalue weighted by Gasteiger charge is -2.60. The van der Waals surface area contributed by atoms with Gasteiger partial charge in [-0.2, -0.15) is 13.2 Å². The number of nitrogens with one attached hydrogen (secondary N) is 2. The molecular weight excluding hydrogens is 710 g/mol. The van der Waals surface area contributed by atoms with E-state index in [4.69, 9.17) is 4.98 Å². The van der Waals surface area contributed by atoms with Crippen LogP contribution < -0.4 is 10.0 Å². The van der Waals surface area contributed by atoms with E-state index in [9.17, 15) is 34.4 Å². The molecule has 2 heterocycles. The van der Waals surface area contributed by atoms with E-state index in [0.29, 0.717) is 60.3 Å². The lowest BCUT2D eigenvalue weighted by Crippen LogP contribution is -2.55. The van der Waals surface area contributed by atoms with Gasteiger partial charge in [0.2, 0.25) is 5.95 Å². The minimum atomic E-state index is -5.24. The van der Waals surface area contributed by atoms with Crippen LogP contribution in [0.4, 0.5) is 33.6 Å². The van der Waals surface area contributed by atoms with Crippen LogP contribution in [0, 0.1) is 17.6 Å². The molecule has 0 aliphatic heterocycles. The molecule has 49 heavy (non-hydrogen) atoms. The molecule has 2 aromatic heterocycles. The molecule has 0 spiro atoms. The van der Waals surface area contributed by atoms with Crippen LogP contribution in [0.1, 0.15) is 55.5 Å². The molecule has 4 fully saturated rings. The normalized spacial score (nSPS) is 23.8. The van der Waals surface area contributed by atoms with E-state index >= 15 is 4.39 Å². The Labute approximate surface area is 283 Å². The van der Waals surface area contributed by atoms with E-state index in [1.807, 2.05) is 4.72 Å². The maximum atomic E-state index is 16.3. The number of aromatic nitrogens is 3. The van der Waals surface area contributed by atoms with Crippen LogP contribution in [0.15, 0.2) is 53.6 Å². The first kappa shape index (κ1) is 33.8. The third kappa shape index (κ3) is 6.29. The van der Waals surface area contributed by atoms with Crippen LogP contribution in [-0.4, -0.2) is 49.3 Å². The lowest BCUT2D eigenvalue weighted by atomic mass is 9.45. The molecule has 0 amide bonds. The van der Waals surface area contributed by atoms with Crippen LogP contribution in [0.5, 0.6) is 0 Å². The van der Waals surface area contributed by atoms with Crippen molar-refractivity contribution in [3.05, 3.63) is 70.9 Å². The van der Waals surface area contributed by atoms with Crippen molar-refractivity contribution in [3.8, 4) is 21.8 Å². The zero-order chi connectivity index (χ0) is 34.9. The van der Waals surface area contributed by atoms with E-state index < -0.39 is 53.8 Å². The molecule has 0 saturated heterocycles. The van der Waals surface area contributed by atoms with E-state index in [2.05, 4.69) is 15.3 Å². The monoisotopic (exact) mass is 739 g/mol. The molecule has 4 aliphatic rings. The van der Waals surface area contributed by atoms with Gasteiger partial charge in [-0.1, -0.05) is 12.1 Å². The van der Waals surface area contributed by atoms with Crippen molar-refractivity contribution in [2.75, 3.05) is 16.3 Å². The van der Waals surface area contributed by atoms with Crippen molar-refractivity contribution in [2.45, 2.75) is 72.7 Å². The first-order valence-corrected chi connectivity index (χ1v) is 19.8. The molecule has 4 aliphatic carbocycles. The third-order valence-corrected chi connectivity index (χ3v) is 14.1. The average molecular weight is 740 g/mol. The highest BCUT2D eigenvalue weighted by atomic mass is 32.2. The van der Waals surface area contributed by atoms with E-state index in [1.165, 1.54) is 35.9 Å². The maximum absolute atomic E-state index is 16.3. The number of alkyl halides is 3. The molecule has 8 rings (SSSR count).